The van der Waals surface area contributed by atoms with Gasteiger partial charge in [0, 0.05) is 38.1 Å². The molecule has 70 heavy (non-hydrogen) atoms. The van der Waals surface area contributed by atoms with Crippen LogP contribution < -0.4 is 35.1 Å². The number of benzene rings is 6. The summed E-state index contributed by atoms with van der Waals surface area (Å²) in [7, 11) is 0. The van der Waals surface area contributed by atoms with E-state index in [4.69, 9.17) is 4.74 Å². The van der Waals surface area contributed by atoms with Crippen LogP contribution in [0.5, 0.6) is 11.5 Å². The fourth-order valence-electron chi connectivity index (χ4n) is 12.7. The van der Waals surface area contributed by atoms with Crippen molar-refractivity contribution in [2.24, 2.45) is 0 Å². The van der Waals surface area contributed by atoms with Gasteiger partial charge < -0.3 is 19.4 Å². The van der Waals surface area contributed by atoms with Gasteiger partial charge in [-0.15, -0.1) is 0 Å². The Morgan fingerprint density at radius 2 is 1.03 bits per heavy atom. The number of ether oxygens (including phenoxy) is 1. The van der Waals surface area contributed by atoms with E-state index in [-0.39, 0.29) is 39.2 Å². The minimum absolute atomic E-state index is 0.0239. The topological polar surface area (TPSA) is 19.0 Å². The lowest BCUT2D eigenvalue weighted by atomic mass is 9.36. The van der Waals surface area contributed by atoms with E-state index < -0.39 is 0 Å². The Morgan fingerprint density at radius 1 is 0.471 bits per heavy atom. The number of hydrogen-bond acceptors (Lipinski definition) is 5. The monoisotopic (exact) mass is 940 g/mol. The molecule has 4 heterocycles. The zero-order valence-corrected chi connectivity index (χ0v) is 44.9. The normalized spacial score (nSPS) is 18.7. The molecule has 0 amide bonds. The van der Waals surface area contributed by atoms with E-state index in [2.05, 4.69) is 244 Å². The van der Waals surface area contributed by atoms with E-state index in [0.717, 1.165) is 41.4 Å². The Labute approximate surface area is 422 Å². The summed E-state index contributed by atoms with van der Waals surface area (Å²) in [6.45, 7) is 34.0. The average molecular weight is 940 g/mol. The third-order valence-corrected chi connectivity index (χ3v) is 18.8. The molecule has 0 saturated heterocycles. The van der Waals surface area contributed by atoms with Gasteiger partial charge in [-0.2, -0.15) is 11.3 Å². The third kappa shape index (κ3) is 6.74. The Bertz CT molecular complexity index is 3270. The minimum Gasteiger partial charge on any atom is -0.453 e. The van der Waals surface area contributed by atoms with E-state index in [0.29, 0.717) is 0 Å². The number of hydrogen-bond donors (Lipinski definition) is 0. The second-order valence-electron chi connectivity index (χ2n) is 26.0. The molecule has 0 atom stereocenters. The van der Waals surface area contributed by atoms with E-state index >= 15 is 0 Å². The van der Waals surface area contributed by atoms with Crippen LogP contribution in [0.2, 0.25) is 0 Å². The minimum atomic E-state index is -0.0537. The van der Waals surface area contributed by atoms with Gasteiger partial charge in [0.2, 0.25) is 0 Å². The van der Waals surface area contributed by atoms with Crippen molar-refractivity contribution in [1.82, 2.24) is 0 Å². The quantitative estimate of drug-likeness (QED) is 0.164. The van der Waals surface area contributed by atoms with Crippen molar-refractivity contribution < 1.29 is 4.74 Å². The summed E-state index contributed by atoms with van der Waals surface area (Å²) in [5.41, 5.74) is 20.7. The molecule has 5 aliphatic rings. The van der Waals surface area contributed by atoms with Gasteiger partial charge in [0.15, 0.2) is 11.5 Å². The van der Waals surface area contributed by atoms with Crippen LogP contribution in [-0.2, 0) is 32.5 Å². The summed E-state index contributed by atoms with van der Waals surface area (Å²) in [5, 5.41) is 0. The molecule has 7 aromatic rings. The van der Waals surface area contributed by atoms with Crippen LogP contribution in [0.15, 0.2) is 121 Å². The predicted molar refractivity (Wildman–Crippen MR) is 301 cm³/mol. The second-order valence-corrected chi connectivity index (χ2v) is 27.0. The molecule has 0 fully saturated rings. The van der Waals surface area contributed by atoms with Gasteiger partial charge in [-0.3, -0.25) is 0 Å². The number of nitrogens with zero attached hydrogens (tertiary/aromatic N) is 3. The molecule has 2 aliphatic carbocycles. The fourth-order valence-corrected chi connectivity index (χ4v) is 14.4. The molecular weight excluding hydrogens is 870 g/mol. The molecule has 6 aromatic carbocycles. The molecule has 356 valence electrons. The Morgan fingerprint density at radius 3 is 1.69 bits per heavy atom. The van der Waals surface area contributed by atoms with Crippen molar-refractivity contribution in [2.45, 2.75) is 155 Å². The standard InChI is InChI=1S/C64H70BN3OS/c1-59(2,3)39-20-19-21-41(34-39)66-49-35-40(60(4,5)6)26-29-46(49)65-55-50(66)37-43(67-47-22-15-17-24-52(47)69-53-25-18-16-23-48(53)67)38-51(55)68(42-27-28-44-45(36-42)62(9,10)31-30-61(44,7)8)56-54-57(70-58(56)65)64(13,14)33-32-63(54,11)12/h15-29,34-38H,30-33H2,1-14H3. The Hall–Kier alpha value is -5.72. The summed E-state index contributed by atoms with van der Waals surface area (Å²) < 4.78 is 8.19. The second kappa shape index (κ2) is 14.9. The lowest BCUT2D eigenvalue weighted by Crippen LogP contribution is -2.60. The van der Waals surface area contributed by atoms with Crippen molar-refractivity contribution in [3.05, 3.63) is 154 Å². The maximum atomic E-state index is 6.71. The fraction of sp³-hybridized carbons (Fsp3) is 0.375. The first-order valence-corrected chi connectivity index (χ1v) is 26.8. The predicted octanol–water partition coefficient (Wildman–Crippen LogP) is 16.7. The SMILES string of the molecule is CC(C)(C)c1cccc(N2c3cc(C(C)(C)C)ccc3B3c4sc5c(c4N(c4ccc6c(c4)C(C)(C)CCC6(C)C)c4cc(N6c7ccccc7Oc7ccccc76)cc2c43)C(C)(C)CCC5(C)C)c1. The van der Waals surface area contributed by atoms with Crippen molar-refractivity contribution >= 4 is 84.9 Å². The number of fused-ring (bicyclic) bond motifs is 9. The summed E-state index contributed by atoms with van der Waals surface area (Å²) in [4.78, 5) is 9.42. The lowest BCUT2D eigenvalue weighted by molar-refractivity contribution is 0.332. The van der Waals surface area contributed by atoms with Gasteiger partial charge in [0.25, 0.3) is 6.71 Å². The molecular formula is C64H70BN3OS. The van der Waals surface area contributed by atoms with Gasteiger partial charge in [-0.05, 0) is 164 Å². The molecule has 12 rings (SSSR count). The maximum Gasteiger partial charge on any atom is 0.264 e. The summed E-state index contributed by atoms with van der Waals surface area (Å²) >= 11 is 2.12. The summed E-state index contributed by atoms with van der Waals surface area (Å²) in [6, 6.07) is 46.7. The molecule has 6 heteroatoms. The lowest BCUT2D eigenvalue weighted by Gasteiger charge is -2.47. The van der Waals surface area contributed by atoms with Gasteiger partial charge >= 0.3 is 0 Å². The zero-order chi connectivity index (χ0) is 49.2. The number of anilines is 9. The molecule has 0 saturated carbocycles. The highest BCUT2D eigenvalue weighted by Gasteiger charge is 2.52. The third-order valence-electron chi connectivity index (χ3n) is 17.2. The first-order chi connectivity index (χ1) is 32.9. The summed E-state index contributed by atoms with van der Waals surface area (Å²) in [5.74, 6) is 1.71. The first-order valence-electron chi connectivity index (χ1n) is 26.0. The van der Waals surface area contributed by atoms with Crippen LogP contribution in [0, 0.1) is 0 Å². The molecule has 4 nitrogen and oxygen atoms in total. The largest absolute Gasteiger partial charge is 0.453 e. The highest BCUT2D eigenvalue weighted by atomic mass is 32.1. The van der Waals surface area contributed by atoms with Crippen LogP contribution in [0.4, 0.5) is 51.2 Å². The van der Waals surface area contributed by atoms with Crippen LogP contribution in [0.1, 0.15) is 155 Å². The molecule has 0 radical (unpaired) electrons. The van der Waals surface area contributed by atoms with Gasteiger partial charge in [0.05, 0.1) is 22.7 Å². The molecule has 0 N–H and O–H groups in total. The maximum absolute atomic E-state index is 6.71. The van der Waals surface area contributed by atoms with Crippen molar-refractivity contribution in [3.63, 3.8) is 0 Å². The van der Waals surface area contributed by atoms with Crippen LogP contribution in [0.3, 0.4) is 0 Å². The van der Waals surface area contributed by atoms with Gasteiger partial charge in [-0.25, -0.2) is 0 Å². The van der Waals surface area contributed by atoms with Gasteiger partial charge in [0.1, 0.15) is 0 Å². The van der Waals surface area contributed by atoms with Crippen LogP contribution in [-0.4, -0.2) is 6.71 Å². The summed E-state index contributed by atoms with van der Waals surface area (Å²) in [6.07, 6.45) is 4.66. The van der Waals surface area contributed by atoms with Crippen LogP contribution >= 0.6 is 11.3 Å². The number of rotatable bonds is 3. The molecule has 1 aromatic heterocycles. The van der Waals surface area contributed by atoms with E-state index in [1.807, 2.05) is 0 Å². The average Bonchev–Trinajstić information content (AvgIpc) is 3.73. The smallest absolute Gasteiger partial charge is 0.264 e. The van der Waals surface area contributed by atoms with Crippen LogP contribution in [0.25, 0.3) is 0 Å². The van der Waals surface area contributed by atoms with Gasteiger partial charge in [-0.1, -0.05) is 152 Å². The molecule has 0 spiro atoms. The highest BCUT2D eigenvalue weighted by molar-refractivity contribution is 7.29. The Balaban J connectivity index is 1.26. The number of thiophene rings is 1. The molecule has 3 aliphatic heterocycles. The zero-order valence-electron chi connectivity index (χ0n) is 44.1. The van der Waals surface area contributed by atoms with E-state index in [1.54, 1.807) is 4.88 Å². The Kier molecular flexibility index (Phi) is 9.68. The van der Waals surface area contributed by atoms with Crippen molar-refractivity contribution in [3.8, 4) is 11.5 Å². The highest BCUT2D eigenvalue weighted by Crippen LogP contribution is 2.59. The first kappa shape index (κ1) is 45.4. The molecule has 0 unspecified atom stereocenters. The van der Waals surface area contributed by atoms with Crippen molar-refractivity contribution in [1.29, 1.82) is 0 Å². The van der Waals surface area contributed by atoms with Crippen molar-refractivity contribution in [2.75, 3.05) is 14.7 Å². The van der Waals surface area contributed by atoms with E-state index in [1.165, 1.54) is 90.5 Å². The number of para-hydroxylation sites is 4. The molecule has 0 bridgehead atoms. The van der Waals surface area contributed by atoms with E-state index in [9.17, 15) is 0 Å².